The predicted octanol–water partition coefficient (Wildman–Crippen LogP) is 3.51. The second kappa shape index (κ2) is 6.37. The van der Waals surface area contributed by atoms with Crippen molar-refractivity contribution >= 4 is 0 Å². The minimum absolute atomic E-state index is 0.287. The number of hydrogen-bond donors (Lipinski definition) is 0. The number of likely N-dealkylation sites (N-methyl/N-ethyl adjacent to an activating group) is 1. The molecule has 1 unspecified atom stereocenters. The van der Waals surface area contributed by atoms with Crippen LogP contribution in [0.1, 0.15) is 30.5 Å². The van der Waals surface area contributed by atoms with Gasteiger partial charge in [0.1, 0.15) is 0 Å². The fraction of sp³-hybridized carbons (Fsp3) is 0.389. The highest BCUT2D eigenvalue weighted by molar-refractivity contribution is 5.75. The van der Waals surface area contributed by atoms with Crippen LogP contribution in [0.25, 0.3) is 11.3 Å². The molecule has 0 radical (unpaired) electrons. The zero-order chi connectivity index (χ0) is 14.7. The molecule has 0 spiro atoms. The van der Waals surface area contributed by atoms with E-state index >= 15 is 0 Å². The van der Waals surface area contributed by atoms with E-state index in [0.717, 1.165) is 31.9 Å². The van der Waals surface area contributed by atoms with E-state index in [0.29, 0.717) is 0 Å². The van der Waals surface area contributed by atoms with Crippen LogP contribution in [0.15, 0.2) is 42.6 Å². The fourth-order valence-corrected chi connectivity index (χ4v) is 3.04. The maximum atomic E-state index is 5.63. The van der Waals surface area contributed by atoms with E-state index < -0.39 is 0 Å². The lowest BCUT2D eigenvalue weighted by molar-refractivity contribution is 0.104. The minimum atomic E-state index is 0.287. The molecule has 0 fully saturated rings. The summed E-state index contributed by atoms with van der Waals surface area (Å²) in [5.74, 6) is 0. The van der Waals surface area contributed by atoms with E-state index in [1.165, 1.54) is 16.7 Å². The third-order valence-electron chi connectivity index (χ3n) is 4.02. The number of benzene rings is 1. The zero-order valence-electron chi connectivity index (χ0n) is 12.7. The molecule has 2 aromatic rings. The van der Waals surface area contributed by atoms with E-state index in [4.69, 9.17) is 4.74 Å². The number of nitrogens with zero attached hydrogens (tertiary/aromatic N) is 2. The molecule has 0 N–H and O–H groups in total. The van der Waals surface area contributed by atoms with Gasteiger partial charge in [0.15, 0.2) is 0 Å². The summed E-state index contributed by atoms with van der Waals surface area (Å²) in [7, 11) is 2.17. The lowest BCUT2D eigenvalue weighted by atomic mass is 10.0. The maximum absolute atomic E-state index is 5.63. The van der Waals surface area contributed by atoms with Crippen molar-refractivity contribution in [3.8, 4) is 11.3 Å². The van der Waals surface area contributed by atoms with Gasteiger partial charge in [0.05, 0.1) is 18.3 Å². The van der Waals surface area contributed by atoms with Crippen LogP contribution in [0.4, 0.5) is 0 Å². The monoisotopic (exact) mass is 282 g/mol. The molecule has 0 saturated heterocycles. The molecule has 1 aliphatic carbocycles. The topological polar surface area (TPSA) is 25.4 Å². The van der Waals surface area contributed by atoms with E-state index in [-0.39, 0.29) is 6.04 Å². The van der Waals surface area contributed by atoms with Crippen molar-refractivity contribution in [1.29, 1.82) is 0 Å². The third-order valence-corrected chi connectivity index (χ3v) is 4.02. The van der Waals surface area contributed by atoms with Crippen LogP contribution in [0, 0.1) is 0 Å². The number of pyridine rings is 1. The molecule has 1 aromatic heterocycles. The Morgan fingerprint density at radius 3 is 2.76 bits per heavy atom. The van der Waals surface area contributed by atoms with Gasteiger partial charge in [-0.2, -0.15) is 0 Å². The van der Waals surface area contributed by atoms with E-state index in [1.807, 2.05) is 12.3 Å². The van der Waals surface area contributed by atoms with Crippen LogP contribution in [0.2, 0.25) is 0 Å². The molecule has 1 atom stereocenters. The smallest absolute Gasteiger partial charge is 0.0756 e. The summed E-state index contributed by atoms with van der Waals surface area (Å²) in [6.45, 7) is 4.68. The molecule has 3 nitrogen and oxygen atoms in total. The molecule has 0 aliphatic heterocycles. The van der Waals surface area contributed by atoms with Gasteiger partial charge < -0.3 is 4.74 Å². The predicted molar refractivity (Wildman–Crippen MR) is 85.3 cm³/mol. The molecule has 1 aliphatic rings. The molecule has 110 valence electrons. The molecule has 3 heteroatoms. The molecule has 0 amide bonds. The standard InChI is InChI=1S/C18H22N2O/c1-3-12-21-13-11-20(2)18-15-8-5-4-7-14(15)17-16(18)9-6-10-19-17/h4-10,18H,3,11-13H2,1-2H3. The van der Waals surface area contributed by atoms with Gasteiger partial charge in [0.2, 0.25) is 0 Å². The van der Waals surface area contributed by atoms with Gasteiger partial charge in [-0.3, -0.25) is 9.88 Å². The summed E-state index contributed by atoms with van der Waals surface area (Å²) >= 11 is 0. The molecule has 21 heavy (non-hydrogen) atoms. The Morgan fingerprint density at radius 2 is 1.90 bits per heavy atom. The molecular formula is C18H22N2O. The quantitative estimate of drug-likeness (QED) is 0.758. The summed E-state index contributed by atoms with van der Waals surface area (Å²) in [5.41, 5.74) is 5.04. The third kappa shape index (κ3) is 2.71. The average molecular weight is 282 g/mol. The SMILES string of the molecule is CCCOCCN(C)C1c2ccccc2-c2ncccc21. The van der Waals surface area contributed by atoms with Gasteiger partial charge >= 0.3 is 0 Å². The molecule has 0 saturated carbocycles. The fourth-order valence-electron chi connectivity index (χ4n) is 3.04. The first-order chi connectivity index (χ1) is 10.3. The highest BCUT2D eigenvalue weighted by Gasteiger charge is 2.31. The largest absolute Gasteiger partial charge is 0.380 e. The number of hydrogen-bond acceptors (Lipinski definition) is 3. The van der Waals surface area contributed by atoms with Gasteiger partial charge in [-0.05, 0) is 25.1 Å². The maximum Gasteiger partial charge on any atom is 0.0756 e. The van der Waals surface area contributed by atoms with Gasteiger partial charge in [0.25, 0.3) is 0 Å². The first-order valence-corrected chi connectivity index (χ1v) is 7.65. The number of fused-ring (bicyclic) bond motifs is 3. The van der Waals surface area contributed by atoms with E-state index in [2.05, 4.69) is 54.2 Å². The van der Waals surface area contributed by atoms with Gasteiger partial charge in [0, 0.05) is 30.5 Å². The number of ether oxygens (including phenoxy) is 1. The number of rotatable bonds is 6. The van der Waals surface area contributed by atoms with E-state index in [9.17, 15) is 0 Å². The lowest BCUT2D eigenvalue weighted by Crippen LogP contribution is -2.28. The Hall–Kier alpha value is -1.71. The lowest BCUT2D eigenvalue weighted by Gasteiger charge is -2.26. The van der Waals surface area contributed by atoms with Crippen molar-refractivity contribution in [3.05, 3.63) is 53.7 Å². The summed E-state index contributed by atoms with van der Waals surface area (Å²) < 4.78 is 5.63. The highest BCUT2D eigenvalue weighted by Crippen LogP contribution is 2.44. The Kier molecular flexibility index (Phi) is 4.32. The first kappa shape index (κ1) is 14.2. The molecule has 1 heterocycles. The van der Waals surface area contributed by atoms with Crippen LogP contribution >= 0.6 is 0 Å². The number of aromatic nitrogens is 1. The van der Waals surface area contributed by atoms with Crippen LogP contribution in [0.3, 0.4) is 0 Å². The van der Waals surface area contributed by atoms with Crippen molar-refractivity contribution in [2.24, 2.45) is 0 Å². The first-order valence-electron chi connectivity index (χ1n) is 7.65. The molecular weight excluding hydrogens is 260 g/mol. The second-order valence-corrected chi connectivity index (χ2v) is 5.52. The van der Waals surface area contributed by atoms with Crippen LogP contribution in [-0.2, 0) is 4.74 Å². The Balaban J connectivity index is 1.84. The summed E-state index contributed by atoms with van der Waals surface area (Å²) in [6.07, 6.45) is 2.95. The molecule has 0 bridgehead atoms. The Labute approximate surface area is 126 Å². The minimum Gasteiger partial charge on any atom is -0.380 e. The van der Waals surface area contributed by atoms with Crippen molar-refractivity contribution in [3.63, 3.8) is 0 Å². The van der Waals surface area contributed by atoms with Crippen LogP contribution in [0.5, 0.6) is 0 Å². The van der Waals surface area contributed by atoms with Gasteiger partial charge in [-0.15, -0.1) is 0 Å². The van der Waals surface area contributed by atoms with Crippen LogP contribution in [-0.4, -0.2) is 36.7 Å². The van der Waals surface area contributed by atoms with Gasteiger partial charge in [-0.1, -0.05) is 37.3 Å². The zero-order valence-corrected chi connectivity index (χ0v) is 12.7. The van der Waals surface area contributed by atoms with Gasteiger partial charge in [-0.25, -0.2) is 0 Å². The summed E-state index contributed by atoms with van der Waals surface area (Å²) in [6, 6.07) is 13.1. The highest BCUT2D eigenvalue weighted by atomic mass is 16.5. The van der Waals surface area contributed by atoms with Crippen LogP contribution < -0.4 is 0 Å². The van der Waals surface area contributed by atoms with Crippen molar-refractivity contribution in [2.75, 3.05) is 26.8 Å². The molecule has 3 rings (SSSR count). The van der Waals surface area contributed by atoms with E-state index in [1.54, 1.807) is 0 Å². The summed E-state index contributed by atoms with van der Waals surface area (Å²) in [5, 5.41) is 0. The van der Waals surface area contributed by atoms with Crippen molar-refractivity contribution < 1.29 is 4.74 Å². The summed E-state index contributed by atoms with van der Waals surface area (Å²) in [4.78, 5) is 6.95. The normalized spacial score (nSPS) is 16.0. The molecule has 1 aromatic carbocycles. The Bertz CT molecular complexity index is 566. The second-order valence-electron chi connectivity index (χ2n) is 5.52. The Morgan fingerprint density at radius 1 is 1.10 bits per heavy atom. The average Bonchev–Trinajstić information content (AvgIpc) is 2.86. The van der Waals surface area contributed by atoms with Crippen molar-refractivity contribution in [1.82, 2.24) is 9.88 Å². The van der Waals surface area contributed by atoms with Crippen molar-refractivity contribution in [2.45, 2.75) is 19.4 Å².